The normalized spacial score (nSPS) is 16.9. The molecule has 0 unspecified atom stereocenters. The molecular formula is C88H109F3N14O21S. The number of aromatic amines is 1. The number of H-pyrrole nitrogens is 1. The van der Waals surface area contributed by atoms with Gasteiger partial charge in [-0.3, -0.25) is 67.1 Å². The molecule has 12 amide bonds. The molecule has 15 N–H and O–H groups in total. The molecule has 2 aliphatic heterocycles. The summed E-state index contributed by atoms with van der Waals surface area (Å²) in [5.41, 5.74) is 8.32. The van der Waals surface area contributed by atoms with Gasteiger partial charge in [-0.2, -0.15) is 0 Å². The largest absolute Gasteiger partial charge is 0.508 e. The van der Waals surface area contributed by atoms with E-state index in [-0.39, 0.29) is 68.5 Å². The van der Waals surface area contributed by atoms with Crippen molar-refractivity contribution < 1.29 is 115 Å². The average molecular weight is 1790 g/mol. The van der Waals surface area contributed by atoms with Gasteiger partial charge in [-0.15, -0.1) is 11.8 Å². The van der Waals surface area contributed by atoms with Crippen molar-refractivity contribution in [2.24, 2.45) is 11.7 Å². The fraction of sp³-hybridized carbons (Fsp3) is 0.455. The number of nitrogens with zero attached hydrogens (tertiary/aromatic N) is 5. The second-order valence-electron chi connectivity index (χ2n) is 31.9. The zero-order valence-electron chi connectivity index (χ0n) is 71.0. The summed E-state index contributed by atoms with van der Waals surface area (Å²) in [5, 5.41) is 69.6. The maximum Gasteiger partial charge on any atom is 0.305 e. The van der Waals surface area contributed by atoms with Gasteiger partial charge in [0.05, 0.1) is 42.8 Å². The van der Waals surface area contributed by atoms with Crippen LogP contribution in [0, 0.1) is 23.4 Å². The maximum absolute atomic E-state index is 15.2. The number of amides is 12. The molecule has 0 radical (unpaired) electrons. The van der Waals surface area contributed by atoms with Crippen molar-refractivity contribution in [1.82, 2.24) is 66.7 Å². The zero-order valence-corrected chi connectivity index (χ0v) is 71.8. The van der Waals surface area contributed by atoms with Crippen LogP contribution in [0.1, 0.15) is 106 Å². The lowest BCUT2D eigenvalue weighted by Gasteiger charge is -2.38. The van der Waals surface area contributed by atoms with Gasteiger partial charge in [0.25, 0.3) is 0 Å². The molecule has 14 atom stereocenters. The number of nitrogens with one attached hydrogen (secondary N) is 8. The van der Waals surface area contributed by atoms with Gasteiger partial charge in [-0.25, -0.2) is 13.2 Å². The molecule has 3 heterocycles. The Bertz CT molecular complexity index is 4880. The van der Waals surface area contributed by atoms with E-state index in [1.165, 1.54) is 50.3 Å². The minimum absolute atomic E-state index is 0.0414. The molecule has 2 saturated heterocycles. The molecule has 2 fully saturated rings. The number of aldehydes is 2. The van der Waals surface area contributed by atoms with Crippen LogP contribution in [0.4, 0.5) is 13.2 Å². The molecule has 39 heteroatoms. The number of phenolic OH excluding ortho intramolecular Hbond substituents is 1. The molecule has 0 saturated carbocycles. The van der Waals surface area contributed by atoms with Crippen LogP contribution in [0.3, 0.4) is 0 Å². The molecule has 5 aromatic carbocycles. The second kappa shape index (κ2) is 47.6. The van der Waals surface area contributed by atoms with Crippen molar-refractivity contribution in [1.29, 1.82) is 0 Å². The van der Waals surface area contributed by atoms with Crippen molar-refractivity contribution in [3.05, 3.63) is 173 Å². The fourth-order valence-corrected chi connectivity index (χ4v) is 15.9. The number of nitrogens with two attached hydrogens (primary N) is 1. The average Bonchev–Trinajstić information content (AvgIpc) is 1.69. The van der Waals surface area contributed by atoms with E-state index in [4.69, 9.17) is 5.73 Å². The minimum atomic E-state index is -1.92. The van der Waals surface area contributed by atoms with Gasteiger partial charge in [-0.05, 0) is 89.8 Å². The van der Waals surface area contributed by atoms with Crippen molar-refractivity contribution in [2.75, 3.05) is 52.3 Å². The number of thioether (sulfide) groups is 1. The predicted octanol–water partition coefficient (Wildman–Crippen LogP) is 1.27. The highest BCUT2D eigenvalue weighted by atomic mass is 32.2. The molecule has 127 heavy (non-hydrogen) atoms. The number of aromatic nitrogens is 1. The quantitative estimate of drug-likeness (QED) is 0.0189. The Kier molecular flexibility index (Phi) is 37.4. The molecule has 6 aromatic rings. The number of halogens is 3. The minimum Gasteiger partial charge on any atom is -0.508 e. The van der Waals surface area contributed by atoms with Gasteiger partial charge in [0.2, 0.25) is 70.9 Å². The third-order valence-corrected chi connectivity index (χ3v) is 23.3. The number of aliphatic hydroxyl groups excluding tert-OH is 2. The van der Waals surface area contributed by atoms with Crippen molar-refractivity contribution in [3.63, 3.8) is 0 Å². The van der Waals surface area contributed by atoms with Crippen LogP contribution < -0.4 is 43.0 Å². The van der Waals surface area contributed by atoms with Crippen molar-refractivity contribution >= 4 is 118 Å². The summed E-state index contributed by atoms with van der Waals surface area (Å²) in [6.07, 6.45) is -2.53. The van der Waals surface area contributed by atoms with E-state index in [2.05, 4.69) is 42.2 Å². The lowest BCUT2D eigenvalue weighted by atomic mass is 9.99. The lowest BCUT2D eigenvalue weighted by molar-refractivity contribution is -0.152. The summed E-state index contributed by atoms with van der Waals surface area (Å²) >= 11 is 0.709. The molecule has 35 nitrogen and oxygen atoms in total. The van der Waals surface area contributed by atoms with E-state index >= 15 is 14.4 Å². The molecule has 8 rings (SSSR count). The van der Waals surface area contributed by atoms with Gasteiger partial charge >= 0.3 is 11.9 Å². The number of carbonyl (C=O) groups is 16. The number of hydrogen-bond donors (Lipinski definition) is 14. The Balaban J connectivity index is 0.994. The number of unbranched alkanes of at least 4 members (excludes halogenated alkanes) is 1. The molecule has 0 bridgehead atoms. The van der Waals surface area contributed by atoms with Crippen LogP contribution in [-0.2, 0) is 109 Å². The molecule has 0 aliphatic carbocycles. The van der Waals surface area contributed by atoms with Crippen LogP contribution in [-0.4, -0.2) is 287 Å². The molecular weight excluding hydrogens is 1680 g/mol. The highest BCUT2D eigenvalue weighted by Crippen LogP contribution is 2.28. The Labute approximate surface area is 734 Å². The first-order chi connectivity index (χ1) is 60.4. The van der Waals surface area contributed by atoms with E-state index in [1.807, 2.05) is 6.92 Å². The van der Waals surface area contributed by atoms with Crippen LogP contribution in [0.15, 0.2) is 128 Å². The maximum atomic E-state index is 15.2. The number of para-hydroxylation sites is 1. The number of likely N-dealkylation sites (tertiary alicyclic amines) is 2. The molecule has 2 aliphatic rings. The number of aromatic hydroxyl groups is 1. The van der Waals surface area contributed by atoms with E-state index < -0.39 is 248 Å². The summed E-state index contributed by atoms with van der Waals surface area (Å²) in [6.45, 7) is 3.92. The summed E-state index contributed by atoms with van der Waals surface area (Å²) < 4.78 is 44.4. The van der Waals surface area contributed by atoms with Crippen molar-refractivity contribution in [3.8, 4) is 5.75 Å². The third-order valence-electron chi connectivity index (χ3n) is 22.2. The number of aliphatic carboxylic acids is 2. The van der Waals surface area contributed by atoms with Crippen LogP contribution >= 0.6 is 11.8 Å². The second-order valence-corrected chi connectivity index (χ2v) is 32.9. The predicted molar refractivity (Wildman–Crippen MR) is 456 cm³/mol. The van der Waals surface area contributed by atoms with Crippen LogP contribution in [0.2, 0.25) is 0 Å². The number of phenols is 1. The molecule has 684 valence electrons. The van der Waals surface area contributed by atoms with Crippen molar-refractivity contribution in [2.45, 2.75) is 195 Å². The smallest absolute Gasteiger partial charge is 0.305 e. The Morgan fingerprint density at radius 3 is 1.71 bits per heavy atom. The summed E-state index contributed by atoms with van der Waals surface area (Å²) in [7, 11) is 3.86. The molecule has 0 spiro atoms. The SMILES string of the molecule is CCCC[C@@H](C(=O)N1CCC[C@@H]1C(=O)N[C@H](C=O)CC(=O)O)N(C)C(=O)[C@H](Cc1ccccc1)N(C)C(=O)[C@H](Cc1cc(F)c(F)c(F)c1)NC(=O)CSC[C@@H](C=O)NC(=O)[C@H](CCO)NC(=O)[C@H](Cc1ccc(O)cc1)NC(=O)[C@H](Cc1c[nH]c2ccccc12)NC(=O)[C@H]1C[C@@H](O)CN1C(=O)[C@H](CC(=O)O)NC(=O)[C@H](Cc1ccccc1)N(C)C(=O)[C@@H](N)C(C)C. The number of aliphatic hydroxyl groups is 2. The topological polar surface area (TPSA) is 516 Å². The Hall–Kier alpha value is -12.6. The summed E-state index contributed by atoms with van der Waals surface area (Å²) in [5.74, 6) is -21.0. The Morgan fingerprint density at radius 2 is 1.11 bits per heavy atom. The summed E-state index contributed by atoms with van der Waals surface area (Å²) in [4.78, 5) is 232. The number of fused-ring (bicyclic) bond motifs is 1. The Morgan fingerprint density at radius 1 is 0.567 bits per heavy atom. The number of hydrogen-bond acceptors (Lipinski definition) is 21. The number of rotatable bonds is 47. The van der Waals surface area contributed by atoms with Crippen LogP contribution in [0.5, 0.6) is 5.75 Å². The highest BCUT2D eigenvalue weighted by Gasteiger charge is 2.47. The van der Waals surface area contributed by atoms with Crippen LogP contribution in [0.25, 0.3) is 10.9 Å². The van der Waals surface area contributed by atoms with E-state index in [9.17, 15) is 101 Å². The number of likely N-dealkylation sites (N-methyl/N-ethyl adjacent to an activating group) is 3. The first-order valence-corrected chi connectivity index (χ1v) is 42.6. The van der Waals surface area contributed by atoms with E-state index in [0.29, 0.717) is 76.3 Å². The zero-order chi connectivity index (χ0) is 93.0. The first kappa shape index (κ1) is 99.8. The first-order valence-electron chi connectivity index (χ1n) is 41.5. The number of benzene rings is 5. The van der Waals surface area contributed by atoms with Gasteiger partial charge in [-0.1, -0.05) is 125 Å². The number of carboxylic acid groups (broad SMARTS) is 2. The summed E-state index contributed by atoms with van der Waals surface area (Å²) in [6, 6.07) is 10.4. The highest BCUT2D eigenvalue weighted by molar-refractivity contribution is 8.00. The van der Waals surface area contributed by atoms with Gasteiger partial charge in [0.1, 0.15) is 78.7 Å². The standard InChI is InChI=1S/C88H109F3N14O21S/c1-7-8-24-69(87(125)104-31-17-25-68(104)81(119)94-55(45-107)40-74(112)113)101(4)86(124)72(38-51-20-13-10-14-21-51)103(6)84(122)66(36-53-33-60(89)76(91)61(90)34-53)96-73(111)48-127-47-56(46-108)95-78(116)63(30-32-106)97-79(117)64(35-52-26-28-57(109)29-27-52)98-80(118)65(39-54-43-93-62-23-16-15-22-59(54)62)99-83(121)71-41-58(110)44-105(71)85(123)67(42-75(114)115)100-82(120)70(37-50-18-11-9-12-19-50)102(5)88(126)77(92)49(2)3/h9-16,18-23,26-29,33-34,43,45-46,49,55-56,58,63-72,77,93,106,109-110H,7-8,17,24-25,30-32,35-42,44,47-48,92H2,1-6H3,(H,94,119)(H,95,116)(H,96,111)(H,97,117)(H,98,118)(H,99,121)(H,100,120)(H,112,113)(H,114,115)/t55-,56+,58+,63-,64-,65-,66-,67-,68+,69-,70-,71+,72-,77-/m0/s1. The fourth-order valence-electron chi connectivity index (χ4n) is 15.1. The monoisotopic (exact) mass is 1790 g/mol. The van der Waals surface area contributed by atoms with Gasteiger partial charge in [0.15, 0.2) is 17.5 Å². The number of carbonyl (C=O) groups excluding carboxylic acids is 14. The third kappa shape index (κ3) is 27.9. The lowest BCUT2D eigenvalue weighted by Crippen LogP contribution is -2.61. The van der Waals surface area contributed by atoms with E-state index in [0.717, 1.165) is 19.6 Å². The number of carboxylic acids is 2. The number of β-amino-alcohol motifs (C(OH)–C–C–N with tert-alkyl or cyclic N) is 1. The molecule has 1 aromatic heterocycles. The van der Waals surface area contributed by atoms with E-state index in [1.54, 1.807) is 105 Å². The van der Waals surface area contributed by atoms with Gasteiger partial charge < -0.3 is 108 Å². The van der Waals surface area contributed by atoms with Gasteiger partial charge in [0, 0.05) is 102 Å².